The van der Waals surface area contributed by atoms with Crippen molar-refractivity contribution in [2.75, 3.05) is 7.11 Å². The zero-order valence-corrected chi connectivity index (χ0v) is 11.8. The summed E-state index contributed by atoms with van der Waals surface area (Å²) in [6.07, 6.45) is 2.03. The average Bonchev–Trinajstić information content (AvgIpc) is 3.08. The third-order valence-corrected chi connectivity index (χ3v) is 3.88. The van der Waals surface area contributed by atoms with Gasteiger partial charge in [-0.05, 0) is 22.8 Å². The molecule has 5 heteroatoms. The molecule has 0 unspecified atom stereocenters. The monoisotopic (exact) mass is 286 g/mol. The van der Waals surface area contributed by atoms with E-state index in [0.29, 0.717) is 18.7 Å². The van der Waals surface area contributed by atoms with Crippen molar-refractivity contribution in [2.45, 2.75) is 25.1 Å². The molecule has 110 valence electrons. The lowest BCUT2D eigenvalue weighted by Gasteiger charge is -2.17. The number of carbonyl (C=O) groups excluding carboxylic acids is 1. The molecule has 0 bridgehead atoms. The number of hydrogen-bond acceptors (Lipinski definition) is 4. The van der Waals surface area contributed by atoms with Gasteiger partial charge in [-0.1, -0.05) is 24.3 Å². The van der Waals surface area contributed by atoms with E-state index in [1.165, 1.54) is 12.7 Å². The van der Waals surface area contributed by atoms with Crippen LogP contribution in [0.3, 0.4) is 0 Å². The Labute approximate surface area is 123 Å². The zero-order chi connectivity index (χ0) is 14.8. The number of rotatable bonds is 4. The topological polar surface area (TPSA) is 74.3 Å². The summed E-state index contributed by atoms with van der Waals surface area (Å²) < 4.78 is 4.66. The highest BCUT2D eigenvalue weighted by Gasteiger charge is 2.30. The molecule has 21 heavy (non-hydrogen) atoms. The number of aliphatic hydroxyl groups excluding tert-OH is 1. The summed E-state index contributed by atoms with van der Waals surface area (Å²) in [5, 5.41) is 13.5. The predicted molar refractivity (Wildman–Crippen MR) is 77.9 cm³/mol. The van der Waals surface area contributed by atoms with Gasteiger partial charge >= 0.3 is 5.97 Å². The van der Waals surface area contributed by atoms with Crippen LogP contribution in [0.5, 0.6) is 0 Å². The quantitative estimate of drug-likeness (QED) is 0.746. The van der Waals surface area contributed by atoms with E-state index in [-0.39, 0.29) is 12.0 Å². The molecule has 3 rings (SSSR count). The maximum atomic E-state index is 11.4. The molecule has 2 atom stereocenters. The van der Waals surface area contributed by atoms with Crippen molar-refractivity contribution >= 4 is 5.97 Å². The minimum absolute atomic E-state index is 0.0716. The zero-order valence-electron chi connectivity index (χ0n) is 11.8. The second kappa shape index (κ2) is 5.71. The minimum Gasteiger partial charge on any atom is -0.464 e. The summed E-state index contributed by atoms with van der Waals surface area (Å²) in [5.74, 6) is -0.382. The molecule has 2 aromatic rings. The van der Waals surface area contributed by atoms with Gasteiger partial charge in [0.25, 0.3) is 0 Å². The van der Waals surface area contributed by atoms with Crippen molar-refractivity contribution in [1.82, 2.24) is 10.3 Å². The molecular formula is C16H18N2O3. The number of fused-ring (bicyclic) bond motifs is 1. The van der Waals surface area contributed by atoms with Crippen LogP contribution in [0.4, 0.5) is 0 Å². The number of methoxy groups -OCH3 is 1. The van der Waals surface area contributed by atoms with Crippen LogP contribution in [0.1, 0.15) is 33.2 Å². The first-order valence-corrected chi connectivity index (χ1v) is 6.94. The Bertz CT molecular complexity index is 650. The molecule has 0 fully saturated rings. The molecule has 0 saturated heterocycles. The summed E-state index contributed by atoms with van der Waals surface area (Å²) in [4.78, 5) is 14.3. The molecule has 5 nitrogen and oxygen atoms in total. The van der Waals surface area contributed by atoms with E-state index in [4.69, 9.17) is 0 Å². The van der Waals surface area contributed by atoms with Gasteiger partial charge < -0.3 is 20.1 Å². The molecule has 0 saturated carbocycles. The van der Waals surface area contributed by atoms with Gasteiger partial charge in [0.05, 0.1) is 19.3 Å². The first-order chi connectivity index (χ1) is 10.2. The molecule has 1 aliphatic carbocycles. The SMILES string of the molecule is COC(=O)c1cc(CN[C@@H]2c3ccccc3C[C@@H]2O)c[nH]1. The number of aromatic nitrogens is 1. The Hall–Kier alpha value is -2.11. The van der Waals surface area contributed by atoms with Gasteiger partial charge in [0.2, 0.25) is 0 Å². The maximum absolute atomic E-state index is 11.4. The highest BCUT2D eigenvalue weighted by atomic mass is 16.5. The van der Waals surface area contributed by atoms with Crippen molar-refractivity contribution in [3.63, 3.8) is 0 Å². The number of benzene rings is 1. The molecule has 1 aromatic carbocycles. The average molecular weight is 286 g/mol. The van der Waals surface area contributed by atoms with E-state index in [9.17, 15) is 9.90 Å². The Morgan fingerprint density at radius 3 is 3.10 bits per heavy atom. The summed E-state index contributed by atoms with van der Waals surface area (Å²) in [5.41, 5.74) is 3.72. The van der Waals surface area contributed by atoms with Gasteiger partial charge in [0.1, 0.15) is 5.69 Å². The van der Waals surface area contributed by atoms with Crippen molar-refractivity contribution in [3.8, 4) is 0 Å². The molecule has 0 radical (unpaired) electrons. The largest absolute Gasteiger partial charge is 0.464 e. The second-order valence-corrected chi connectivity index (χ2v) is 5.24. The van der Waals surface area contributed by atoms with Crippen LogP contribution in [-0.4, -0.2) is 29.3 Å². The number of esters is 1. The Balaban J connectivity index is 1.68. The van der Waals surface area contributed by atoms with Crippen LogP contribution in [0, 0.1) is 0 Å². The fourth-order valence-corrected chi connectivity index (χ4v) is 2.82. The van der Waals surface area contributed by atoms with E-state index in [1.807, 2.05) is 24.3 Å². The normalized spacial score (nSPS) is 20.3. The molecule has 0 spiro atoms. The summed E-state index contributed by atoms with van der Waals surface area (Å²) >= 11 is 0. The molecule has 1 aliphatic rings. The number of hydrogen-bond donors (Lipinski definition) is 3. The lowest BCUT2D eigenvalue weighted by Crippen LogP contribution is -2.28. The van der Waals surface area contributed by atoms with Gasteiger partial charge in [0.15, 0.2) is 0 Å². The third-order valence-electron chi connectivity index (χ3n) is 3.88. The maximum Gasteiger partial charge on any atom is 0.354 e. The first-order valence-electron chi connectivity index (χ1n) is 6.94. The van der Waals surface area contributed by atoms with Crippen LogP contribution < -0.4 is 5.32 Å². The van der Waals surface area contributed by atoms with Crippen molar-refractivity contribution in [1.29, 1.82) is 0 Å². The van der Waals surface area contributed by atoms with E-state index >= 15 is 0 Å². The van der Waals surface area contributed by atoms with E-state index in [2.05, 4.69) is 15.0 Å². The van der Waals surface area contributed by atoms with E-state index in [0.717, 1.165) is 11.1 Å². The van der Waals surface area contributed by atoms with Crippen LogP contribution in [0.2, 0.25) is 0 Å². The smallest absolute Gasteiger partial charge is 0.354 e. The van der Waals surface area contributed by atoms with Gasteiger partial charge in [-0.2, -0.15) is 0 Å². The number of nitrogens with one attached hydrogen (secondary N) is 2. The van der Waals surface area contributed by atoms with Crippen molar-refractivity contribution in [3.05, 3.63) is 58.9 Å². The lowest BCUT2D eigenvalue weighted by molar-refractivity contribution is 0.0594. The molecular weight excluding hydrogens is 268 g/mol. The molecule has 3 N–H and O–H groups in total. The number of carbonyl (C=O) groups is 1. The Morgan fingerprint density at radius 1 is 1.48 bits per heavy atom. The van der Waals surface area contributed by atoms with Crippen LogP contribution in [-0.2, 0) is 17.7 Å². The standard InChI is InChI=1S/C16H18N2O3/c1-21-16(20)13-6-10(8-17-13)9-18-15-12-5-3-2-4-11(12)7-14(15)19/h2-6,8,14-15,17-19H,7,9H2,1H3/t14-,15+/m0/s1. The first kappa shape index (κ1) is 13.9. The third kappa shape index (κ3) is 2.70. The van der Waals surface area contributed by atoms with E-state index < -0.39 is 6.10 Å². The fraction of sp³-hybridized carbons (Fsp3) is 0.312. The van der Waals surface area contributed by atoms with Crippen molar-refractivity contribution in [2.24, 2.45) is 0 Å². The van der Waals surface area contributed by atoms with Gasteiger partial charge in [-0.25, -0.2) is 4.79 Å². The summed E-state index contributed by atoms with van der Waals surface area (Å²) in [6, 6.07) is 9.75. The number of aromatic amines is 1. The Morgan fingerprint density at radius 2 is 2.29 bits per heavy atom. The number of aliphatic hydroxyl groups is 1. The predicted octanol–water partition coefficient (Wildman–Crippen LogP) is 1.55. The molecule has 1 heterocycles. The molecule has 0 amide bonds. The van der Waals surface area contributed by atoms with Gasteiger partial charge in [-0.15, -0.1) is 0 Å². The highest BCUT2D eigenvalue weighted by Crippen LogP contribution is 2.31. The van der Waals surface area contributed by atoms with Gasteiger partial charge in [0, 0.05) is 19.2 Å². The Kier molecular flexibility index (Phi) is 3.77. The minimum atomic E-state index is -0.415. The van der Waals surface area contributed by atoms with Crippen LogP contribution in [0.25, 0.3) is 0 Å². The lowest BCUT2D eigenvalue weighted by atomic mass is 10.1. The second-order valence-electron chi connectivity index (χ2n) is 5.24. The van der Waals surface area contributed by atoms with Gasteiger partial charge in [-0.3, -0.25) is 0 Å². The van der Waals surface area contributed by atoms with Crippen molar-refractivity contribution < 1.29 is 14.6 Å². The molecule has 1 aromatic heterocycles. The fourth-order valence-electron chi connectivity index (χ4n) is 2.82. The summed E-state index contributed by atoms with van der Waals surface area (Å²) in [7, 11) is 1.35. The van der Waals surface area contributed by atoms with Crippen LogP contribution in [0.15, 0.2) is 36.5 Å². The number of H-pyrrole nitrogens is 1. The van der Waals surface area contributed by atoms with E-state index in [1.54, 1.807) is 12.3 Å². The molecule has 0 aliphatic heterocycles. The number of ether oxygens (including phenoxy) is 1. The highest BCUT2D eigenvalue weighted by molar-refractivity contribution is 5.87. The van der Waals surface area contributed by atoms with Crippen LogP contribution >= 0.6 is 0 Å². The summed E-state index contributed by atoms with van der Waals surface area (Å²) in [6.45, 7) is 0.573.